The quantitative estimate of drug-likeness (QED) is 0.152. The average Bonchev–Trinajstić information content (AvgIpc) is 3.61. The van der Waals surface area contributed by atoms with Crippen LogP contribution in [-0.2, 0) is 4.79 Å². The van der Waals surface area contributed by atoms with Gasteiger partial charge in [0, 0.05) is 48.9 Å². The molecular weight excluding hydrogens is 664 g/mol. The molecule has 0 aliphatic carbocycles. The molecule has 0 bridgehead atoms. The van der Waals surface area contributed by atoms with E-state index in [2.05, 4.69) is 21.3 Å². The number of nitrogens with zero attached hydrogens (tertiary/aromatic N) is 6. The van der Waals surface area contributed by atoms with Crippen LogP contribution in [0.2, 0.25) is 10.0 Å². The summed E-state index contributed by atoms with van der Waals surface area (Å²) in [7, 11) is 0. The topological polar surface area (TPSA) is 66.2 Å². The Kier molecular flexibility index (Phi) is 8.60. The fourth-order valence-corrected chi connectivity index (χ4v) is 8.16. The number of anilines is 1. The predicted molar refractivity (Wildman–Crippen MR) is 180 cm³/mol. The molecule has 0 spiro atoms. The molecule has 3 aromatic carbocycles. The van der Waals surface area contributed by atoms with Crippen molar-refractivity contribution in [1.82, 2.24) is 19.8 Å². The van der Waals surface area contributed by atoms with Crippen LogP contribution in [0.3, 0.4) is 0 Å². The van der Waals surface area contributed by atoms with E-state index >= 15 is 4.39 Å². The lowest BCUT2D eigenvalue weighted by Crippen LogP contribution is -2.56. The molecule has 1 amide bonds. The van der Waals surface area contributed by atoms with Crippen LogP contribution in [0.25, 0.3) is 37.6 Å². The molecule has 8 nitrogen and oxygen atoms in total. The minimum absolute atomic E-state index is 0.0122. The van der Waals surface area contributed by atoms with Gasteiger partial charge < -0.3 is 19.4 Å². The van der Waals surface area contributed by atoms with Gasteiger partial charge in [-0.2, -0.15) is 9.97 Å². The standard InChI is InChI=1S/C35H31Cl2F3N6O2/c1-3-27(47)46-13-12-44(18-22(46)16-41-2)33-24-14-25(36)29(23-7-4-6-20-8-9-26(39)30(37)28(20)23)31(40)32(24)42-34(43-33)48-19-35-10-5-11-45(35)17-21(38)15-35/h3-4,6-9,14,21-22H,1,5,10-13,15-19H2/t21-,22+,35+/m1/s1. The van der Waals surface area contributed by atoms with Gasteiger partial charge in [0.1, 0.15) is 36.0 Å². The van der Waals surface area contributed by atoms with Crippen LogP contribution in [0.1, 0.15) is 19.3 Å². The zero-order valence-corrected chi connectivity index (χ0v) is 27.4. The summed E-state index contributed by atoms with van der Waals surface area (Å²) in [4.78, 5) is 31.0. The maximum absolute atomic E-state index is 17.0. The Bertz CT molecular complexity index is 2010. The van der Waals surface area contributed by atoms with E-state index in [1.807, 2.05) is 4.90 Å². The van der Waals surface area contributed by atoms with Crippen LogP contribution in [0.4, 0.5) is 19.0 Å². The van der Waals surface area contributed by atoms with Crippen molar-refractivity contribution in [2.45, 2.75) is 37.0 Å². The van der Waals surface area contributed by atoms with Crippen molar-refractivity contribution in [2.24, 2.45) is 0 Å². The Morgan fingerprint density at radius 1 is 1.17 bits per heavy atom. The van der Waals surface area contributed by atoms with Gasteiger partial charge in [-0.3, -0.25) is 9.69 Å². The summed E-state index contributed by atoms with van der Waals surface area (Å²) in [6, 6.07) is 8.88. The van der Waals surface area contributed by atoms with Gasteiger partial charge in [0.25, 0.3) is 0 Å². The number of piperazine rings is 1. The second kappa shape index (κ2) is 12.7. The molecule has 4 heterocycles. The number of ether oxygens (including phenoxy) is 1. The summed E-state index contributed by atoms with van der Waals surface area (Å²) in [5.41, 5.74) is -0.302. The largest absolute Gasteiger partial charge is 0.461 e. The minimum Gasteiger partial charge on any atom is -0.461 e. The van der Waals surface area contributed by atoms with Gasteiger partial charge in [-0.05, 0) is 48.5 Å². The van der Waals surface area contributed by atoms with Gasteiger partial charge in [0.15, 0.2) is 5.82 Å². The Balaban J connectivity index is 1.37. The maximum atomic E-state index is 17.0. The first-order valence-corrected chi connectivity index (χ1v) is 16.5. The van der Waals surface area contributed by atoms with Gasteiger partial charge in [-0.25, -0.2) is 19.7 Å². The highest BCUT2D eigenvalue weighted by Gasteiger charge is 2.49. The fourth-order valence-electron chi connectivity index (χ4n) is 7.59. The van der Waals surface area contributed by atoms with Gasteiger partial charge in [0.2, 0.25) is 12.5 Å². The van der Waals surface area contributed by atoms with Crippen LogP contribution < -0.4 is 9.64 Å². The van der Waals surface area contributed by atoms with E-state index in [1.165, 1.54) is 12.1 Å². The number of aromatic nitrogens is 2. The zero-order valence-electron chi connectivity index (χ0n) is 25.9. The van der Waals surface area contributed by atoms with Crippen LogP contribution >= 0.6 is 23.2 Å². The Morgan fingerprint density at radius 2 is 2.00 bits per heavy atom. The first-order valence-electron chi connectivity index (χ1n) is 15.7. The van der Waals surface area contributed by atoms with Gasteiger partial charge in [0.05, 0.1) is 15.6 Å². The molecule has 13 heteroatoms. The summed E-state index contributed by atoms with van der Waals surface area (Å²) in [5.74, 6) is -1.39. The smallest absolute Gasteiger partial charge is 0.319 e. The van der Waals surface area contributed by atoms with Crippen molar-refractivity contribution in [2.75, 3.05) is 50.8 Å². The highest BCUT2D eigenvalue weighted by Crippen LogP contribution is 2.44. The number of rotatable bonds is 7. The van der Waals surface area contributed by atoms with E-state index in [0.717, 1.165) is 19.4 Å². The third-order valence-corrected chi connectivity index (χ3v) is 10.5. The Hall–Kier alpha value is -4.11. The van der Waals surface area contributed by atoms with Crippen molar-refractivity contribution in [3.63, 3.8) is 0 Å². The number of alkyl halides is 1. The molecule has 248 valence electrons. The molecule has 0 radical (unpaired) electrons. The number of benzene rings is 3. The lowest BCUT2D eigenvalue weighted by molar-refractivity contribution is -0.128. The highest BCUT2D eigenvalue weighted by atomic mass is 35.5. The van der Waals surface area contributed by atoms with Crippen molar-refractivity contribution in [3.8, 4) is 17.1 Å². The monoisotopic (exact) mass is 694 g/mol. The molecule has 48 heavy (non-hydrogen) atoms. The third-order valence-electron chi connectivity index (χ3n) is 9.82. The molecule has 3 fully saturated rings. The summed E-state index contributed by atoms with van der Waals surface area (Å²) >= 11 is 13.3. The number of amides is 1. The fraction of sp³-hybridized carbons (Fsp3) is 0.371. The summed E-state index contributed by atoms with van der Waals surface area (Å²) in [6.07, 6.45) is 2.27. The summed E-state index contributed by atoms with van der Waals surface area (Å²) in [5, 5.41) is 1.07. The summed E-state index contributed by atoms with van der Waals surface area (Å²) < 4.78 is 52.4. The predicted octanol–water partition coefficient (Wildman–Crippen LogP) is 7.11. The van der Waals surface area contributed by atoms with E-state index < -0.39 is 29.4 Å². The van der Waals surface area contributed by atoms with Crippen LogP contribution in [-0.4, -0.2) is 89.3 Å². The Labute approximate surface area is 285 Å². The highest BCUT2D eigenvalue weighted by molar-refractivity contribution is 6.38. The molecule has 3 saturated heterocycles. The lowest BCUT2D eigenvalue weighted by Gasteiger charge is -2.39. The molecule has 0 saturated carbocycles. The molecule has 4 aromatic rings. The Morgan fingerprint density at radius 3 is 2.79 bits per heavy atom. The number of halogens is 5. The molecule has 3 aliphatic rings. The number of hydrogen-bond acceptors (Lipinski definition) is 6. The van der Waals surface area contributed by atoms with Crippen molar-refractivity contribution >= 4 is 56.6 Å². The van der Waals surface area contributed by atoms with Crippen molar-refractivity contribution < 1.29 is 22.7 Å². The van der Waals surface area contributed by atoms with Crippen LogP contribution in [0, 0.1) is 18.2 Å². The van der Waals surface area contributed by atoms with E-state index in [0.29, 0.717) is 41.5 Å². The average molecular weight is 696 g/mol. The molecule has 7 rings (SSSR count). The first-order chi connectivity index (χ1) is 23.1. The molecule has 3 aliphatic heterocycles. The molecule has 0 unspecified atom stereocenters. The second-order valence-corrected chi connectivity index (χ2v) is 13.4. The number of carbonyl (C=O) groups excluding carboxylic acids is 1. The summed E-state index contributed by atoms with van der Waals surface area (Å²) in [6.45, 7) is 13.2. The maximum Gasteiger partial charge on any atom is 0.319 e. The molecule has 3 atom stereocenters. The zero-order chi connectivity index (χ0) is 33.7. The normalized spacial score (nSPS) is 22.7. The van der Waals surface area contributed by atoms with Crippen molar-refractivity contribution in [3.05, 3.63) is 82.2 Å². The van der Waals surface area contributed by atoms with E-state index in [9.17, 15) is 13.6 Å². The van der Waals surface area contributed by atoms with Crippen LogP contribution in [0.5, 0.6) is 6.01 Å². The molecule has 0 N–H and O–H groups in total. The third kappa shape index (κ3) is 5.50. The molecular formula is C35H31Cl2F3N6O2. The van der Waals surface area contributed by atoms with E-state index in [1.54, 1.807) is 35.2 Å². The van der Waals surface area contributed by atoms with Gasteiger partial charge >= 0.3 is 6.01 Å². The van der Waals surface area contributed by atoms with E-state index in [-0.39, 0.29) is 64.8 Å². The van der Waals surface area contributed by atoms with E-state index in [4.69, 9.17) is 39.5 Å². The first kappa shape index (κ1) is 32.4. The lowest BCUT2D eigenvalue weighted by atomic mass is 9.95. The number of hydrogen-bond donors (Lipinski definition) is 0. The van der Waals surface area contributed by atoms with Gasteiger partial charge in [-0.1, -0.05) is 54.0 Å². The minimum atomic E-state index is -0.963. The van der Waals surface area contributed by atoms with Gasteiger partial charge in [-0.15, -0.1) is 0 Å². The van der Waals surface area contributed by atoms with Crippen LogP contribution in [0.15, 0.2) is 49.1 Å². The molecule has 1 aromatic heterocycles. The van der Waals surface area contributed by atoms with Crippen molar-refractivity contribution in [1.29, 1.82) is 0 Å². The SMILES string of the molecule is [C-]#[N+]C[C@H]1CN(c2nc(OC[C@@]34CCCN3C[C@H](F)C4)nc3c(F)c(-c4cccc5ccc(F)c(Cl)c45)c(Cl)cc23)CCN1C(=O)C=C. The second-order valence-electron chi connectivity index (χ2n) is 12.6. The number of fused-ring (bicyclic) bond motifs is 3. The number of carbonyl (C=O) groups is 1.